The molecular weight excluding hydrogens is 384 g/mol. The molecular formula is C18H15ClN6O3. The van der Waals surface area contributed by atoms with Gasteiger partial charge in [0.05, 0.1) is 4.92 Å². The van der Waals surface area contributed by atoms with Crippen LogP contribution in [0.4, 0.5) is 23.0 Å². The highest BCUT2D eigenvalue weighted by molar-refractivity contribution is 6.30. The van der Waals surface area contributed by atoms with Gasteiger partial charge in [-0.3, -0.25) is 25.8 Å². The van der Waals surface area contributed by atoms with Crippen molar-refractivity contribution in [2.75, 3.05) is 10.7 Å². The lowest BCUT2D eigenvalue weighted by atomic mass is 10.1. The molecule has 3 aromatic rings. The molecule has 0 aliphatic carbocycles. The fourth-order valence-electron chi connectivity index (χ4n) is 2.42. The first kappa shape index (κ1) is 19.1. The molecule has 0 atom stereocenters. The Morgan fingerprint density at radius 3 is 2.43 bits per heavy atom. The van der Waals surface area contributed by atoms with Gasteiger partial charge in [-0.05, 0) is 42.8 Å². The van der Waals surface area contributed by atoms with Gasteiger partial charge in [-0.15, -0.1) is 0 Å². The summed E-state index contributed by atoms with van der Waals surface area (Å²) in [6.07, 6.45) is 1.15. The summed E-state index contributed by atoms with van der Waals surface area (Å²) in [4.78, 5) is 31.0. The van der Waals surface area contributed by atoms with E-state index in [1.807, 2.05) is 6.07 Å². The molecule has 3 N–H and O–H groups in total. The number of hydrogen-bond donors (Lipinski definition) is 3. The Bertz CT molecular complexity index is 1030. The third kappa shape index (κ3) is 4.33. The smallest absolute Gasteiger partial charge is 0.334 e. The van der Waals surface area contributed by atoms with E-state index in [0.717, 1.165) is 11.9 Å². The van der Waals surface area contributed by atoms with Crippen LogP contribution in [0.25, 0.3) is 0 Å². The van der Waals surface area contributed by atoms with Gasteiger partial charge in [-0.1, -0.05) is 29.8 Å². The van der Waals surface area contributed by atoms with E-state index in [4.69, 9.17) is 11.6 Å². The van der Waals surface area contributed by atoms with Crippen LogP contribution in [0.1, 0.15) is 15.9 Å². The molecule has 0 radical (unpaired) electrons. The highest BCUT2D eigenvalue weighted by Gasteiger charge is 2.24. The van der Waals surface area contributed by atoms with Crippen LogP contribution in [0.15, 0.2) is 54.9 Å². The largest absolute Gasteiger partial charge is 0.355 e. The third-order valence-corrected chi connectivity index (χ3v) is 4.05. The van der Waals surface area contributed by atoms with E-state index in [1.54, 1.807) is 49.4 Å². The molecule has 3 rings (SSSR count). The Morgan fingerprint density at radius 1 is 1.07 bits per heavy atom. The summed E-state index contributed by atoms with van der Waals surface area (Å²) >= 11 is 5.84. The number of hydrogen-bond acceptors (Lipinski definition) is 7. The van der Waals surface area contributed by atoms with E-state index in [9.17, 15) is 14.9 Å². The van der Waals surface area contributed by atoms with Gasteiger partial charge in [0.2, 0.25) is 11.6 Å². The highest BCUT2D eigenvalue weighted by atomic mass is 35.5. The third-order valence-electron chi connectivity index (χ3n) is 3.80. The Kier molecular flexibility index (Phi) is 5.66. The molecule has 2 aromatic carbocycles. The molecule has 1 amide bonds. The fraction of sp³-hybridized carbons (Fsp3) is 0.0556. The number of anilines is 3. The number of carbonyl (C=O) groups excluding carboxylic acids is 1. The molecule has 9 nitrogen and oxygen atoms in total. The number of nitrogens with zero attached hydrogens (tertiary/aromatic N) is 3. The number of halogens is 1. The zero-order chi connectivity index (χ0) is 20.1. The van der Waals surface area contributed by atoms with Crippen molar-refractivity contribution in [1.29, 1.82) is 0 Å². The van der Waals surface area contributed by atoms with Crippen LogP contribution in [0.3, 0.4) is 0 Å². The number of carbonyl (C=O) groups is 1. The van der Waals surface area contributed by atoms with Gasteiger partial charge >= 0.3 is 5.69 Å². The second kappa shape index (κ2) is 8.31. The SMILES string of the molecule is Cc1ccccc1C(=O)NNc1ncnc(Nc2ccc(Cl)cc2)c1[N+](=O)[O-]. The first-order valence-corrected chi connectivity index (χ1v) is 8.47. The second-order valence-electron chi connectivity index (χ2n) is 5.70. The van der Waals surface area contributed by atoms with E-state index in [-0.39, 0.29) is 11.6 Å². The van der Waals surface area contributed by atoms with Crippen molar-refractivity contribution >= 4 is 40.5 Å². The average molecular weight is 399 g/mol. The summed E-state index contributed by atoms with van der Waals surface area (Å²) in [6.45, 7) is 1.79. The van der Waals surface area contributed by atoms with Crippen molar-refractivity contribution in [2.24, 2.45) is 0 Å². The Labute approximate surface area is 164 Å². The number of aromatic nitrogens is 2. The van der Waals surface area contributed by atoms with Crippen LogP contribution in [0.2, 0.25) is 5.02 Å². The van der Waals surface area contributed by atoms with Gasteiger partial charge in [-0.25, -0.2) is 9.97 Å². The van der Waals surface area contributed by atoms with Gasteiger partial charge in [0, 0.05) is 16.3 Å². The van der Waals surface area contributed by atoms with Crippen molar-refractivity contribution in [1.82, 2.24) is 15.4 Å². The maximum absolute atomic E-state index is 12.3. The number of nitro groups is 1. The summed E-state index contributed by atoms with van der Waals surface area (Å²) in [5.74, 6) is -0.633. The van der Waals surface area contributed by atoms with Crippen molar-refractivity contribution < 1.29 is 9.72 Å². The zero-order valence-corrected chi connectivity index (χ0v) is 15.4. The molecule has 142 valence electrons. The Balaban J connectivity index is 1.83. The van der Waals surface area contributed by atoms with Gasteiger partial charge < -0.3 is 5.32 Å². The first-order valence-electron chi connectivity index (χ1n) is 8.09. The van der Waals surface area contributed by atoms with Crippen LogP contribution in [0.5, 0.6) is 0 Å². The van der Waals surface area contributed by atoms with Crippen LogP contribution in [0, 0.1) is 17.0 Å². The van der Waals surface area contributed by atoms with Gasteiger partial charge in [0.1, 0.15) is 6.33 Å². The predicted octanol–water partition coefficient (Wildman–Crippen LogP) is 3.85. The molecule has 0 bridgehead atoms. The van der Waals surface area contributed by atoms with Gasteiger partial charge in [0.15, 0.2) is 0 Å². The summed E-state index contributed by atoms with van der Waals surface area (Å²) in [5, 5.41) is 14.9. The van der Waals surface area contributed by atoms with Crippen LogP contribution in [-0.4, -0.2) is 20.8 Å². The maximum atomic E-state index is 12.3. The van der Waals surface area contributed by atoms with E-state index in [1.165, 1.54) is 0 Å². The van der Waals surface area contributed by atoms with E-state index < -0.39 is 16.5 Å². The van der Waals surface area contributed by atoms with Crippen molar-refractivity contribution in [2.45, 2.75) is 6.92 Å². The summed E-state index contributed by atoms with van der Waals surface area (Å²) < 4.78 is 0. The van der Waals surface area contributed by atoms with E-state index in [0.29, 0.717) is 16.3 Å². The quantitative estimate of drug-likeness (QED) is 0.425. The highest BCUT2D eigenvalue weighted by Crippen LogP contribution is 2.31. The minimum atomic E-state index is -0.638. The second-order valence-corrected chi connectivity index (χ2v) is 6.14. The first-order chi connectivity index (χ1) is 13.5. The summed E-state index contributed by atoms with van der Waals surface area (Å²) in [5.41, 5.74) is 6.27. The molecule has 1 aromatic heterocycles. The predicted molar refractivity (Wildman–Crippen MR) is 106 cm³/mol. The van der Waals surface area contributed by atoms with Crippen LogP contribution in [-0.2, 0) is 0 Å². The molecule has 10 heteroatoms. The maximum Gasteiger partial charge on any atom is 0.355 e. The minimum Gasteiger partial charge on any atom is -0.334 e. The number of hydrazine groups is 1. The molecule has 0 saturated heterocycles. The van der Waals surface area contributed by atoms with Crippen LogP contribution < -0.4 is 16.2 Å². The number of nitrogens with one attached hydrogen (secondary N) is 3. The van der Waals surface area contributed by atoms with Crippen LogP contribution >= 0.6 is 11.6 Å². The van der Waals surface area contributed by atoms with Crippen molar-refractivity contribution in [3.63, 3.8) is 0 Å². The summed E-state index contributed by atoms with van der Waals surface area (Å²) in [7, 11) is 0. The standard InChI is InChI=1S/C18H15ClN6O3/c1-11-4-2-3-5-14(11)18(26)24-23-17-15(25(27)28)16(20-10-21-17)22-13-8-6-12(19)7-9-13/h2-10H,1H3,(H,24,26)(H2,20,21,22,23). The fourth-order valence-corrected chi connectivity index (χ4v) is 2.54. The molecule has 0 fully saturated rings. The van der Waals surface area contributed by atoms with Gasteiger partial charge in [-0.2, -0.15) is 0 Å². The number of amides is 1. The minimum absolute atomic E-state index is 0.0324. The topological polar surface area (TPSA) is 122 Å². The Hall–Kier alpha value is -3.72. The lowest BCUT2D eigenvalue weighted by Crippen LogP contribution is -2.30. The molecule has 1 heterocycles. The molecule has 0 saturated carbocycles. The number of aryl methyl sites for hydroxylation is 1. The lowest BCUT2D eigenvalue weighted by molar-refractivity contribution is -0.383. The van der Waals surface area contributed by atoms with Gasteiger partial charge in [0.25, 0.3) is 5.91 Å². The monoisotopic (exact) mass is 398 g/mol. The van der Waals surface area contributed by atoms with Crippen molar-refractivity contribution in [3.05, 3.63) is 81.1 Å². The van der Waals surface area contributed by atoms with E-state index in [2.05, 4.69) is 26.1 Å². The lowest BCUT2D eigenvalue weighted by Gasteiger charge is -2.11. The molecule has 0 aliphatic rings. The average Bonchev–Trinajstić information content (AvgIpc) is 2.68. The number of benzene rings is 2. The normalized spacial score (nSPS) is 10.2. The molecule has 0 aliphatic heterocycles. The molecule has 0 spiro atoms. The van der Waals surface area contributed by atoms with Crippen molar-refractivity contribution in [3.8, 4) is 0 Å². The number of rotatable bonds is 6. The van der Waals surface area contributed by atoms with E-state index >= 15 is 0 Å². The molecule has 28 heavy (non-hydrogen) atoms. The Morgan fingerprint density at radius 2 is 1.75 bits per heavy atom. The summed E-state index contributed by atoms with van der Waals surface area (Å²) in [6, 6.07) is 13.6. The zero-order valence-electron chi connectivity index (χ0n) is 14.6. The molecule has 0 unspecified atom stereocenters.